The van der Waals surface area contributed by atoms with Crippen LogP contribution in [0.4, 0.5) is 0 Å². The Morgan fingerprint density at radius 1 is 1.35 bits per heavy atom. The number of nitrogens with one attached hydrogen (secondary N) is 1. The highest BCUT2D eigenvalue weighted by Crippen LogP contribution is 2.11. The fourth-order valence-corrected chi connectivity index (χ4v) is 1.74. The second-order valence-corrected chi connectivity index (χ2v) is 4.58. The average Bonchev–Trinajstić information content (AvgIpc) is 2.35. The monoisotopic (exact) mass is 234 g/mol. The van der Waals surface area contributed by atoms with Gasteiger partial charge in [-0.1, -0.05) is 38.5 Å². The third kappa shape index (κ3) is 3.86. The van der Waals surface area contributed by atoms with Gasteiger partial charge in [-0.15, -0.1) is 0 Å². The number of nitrogens with two attached hydrogens (primary N) is 1. The van der Waals surface area contributed by atoms with Gasteiger partial charge in [-0.2, -0.15) is 0 Å². The van der Waals surface area contributed by atoms with Gasteiger partial charge in [0.2, 0.25) is 5.91 Å². The number of hydrogen-bond acceptors (Lipinski definition) is 2. The lowest BCUT2D eigenvalue weighted by molar-refractivity contribution is 0.0999. The second-order valence-electron chi connectivity index (χ2n) is 4.58. The quantitative estimate of drug-likeness (QED) is 0.793. The molecule has 0 fully saturated rings. The number of rotatable bonds is 6. The van der Waals surface area contributed by atoms with Crippen LogP contribution in [0.2, 0.25) is 0 Å². The van der Waals surface area contributed by atoms with Gasteiger partial charge in [-0.25, -0.2) is 0 Å². The molecule has 3 nitrogen and oxygen atoms in total. The molecule has 3 heteroatoms. The first kappa shape index (κ1) is 13.7. The Labute approximate surface area is 103 Å². The molecule has 94 valence electrons. The number of hydrogen-bond donors (Lipinski definition) is 2. The Bertz CT molecular complexity index is 376. The highest BCUT2D eigenvalue weighted by atomic mass is 16.1. The van der Waals surface area contributed by atoms with Crippen molar-refractivity contribution in [2.75, 3.05) is 0 Å². The molecule has 1 aromatic rings. The molecule has 0 spiro atoms. The molecule has 1 aromatic carbocycles. The number of benzene rings is 1. The minimum atomic E-state index is -0.362. The summed E-state index contributed by atoms with van der Waals surface area (Å²) in [5.41, 5.74) is 6.92. The average molecular weight is 234 g/mol. The summed E-state index contributed by atoms with van der Waals surface area (Å²) >= 11 is 0. The topological polar surface area (TPSA) is 55.1 Å². The molecule has 1 rings (SSSR count). The molecule has 0 aliphatic heterocycles. The standard InChI is InChI=1S/C14H22N2O/c1-4-10(2)11(3)16-9-12-7-5-6-8-13(12)14(15)17/h5-8,10-11,16H,4,9H2,1-3H3,(H2,15,17). The van der Waals surface area contributed by atoms with Gasteiger partial charge in [0.1, 0.15) is 0 Å². The summed E-state index contributed by atoms with van der Waals surface area (Å²) in [6, 6.07) is 7.91. The SMILES string of the molecule is CCC(C)C(C)NCc1ccccc1C(N)=O. The van der Waals surface area contributed by atoms with Gasteiger partial charge < -0.3 is 11.1 Å². The smallest absolute Gasteiger partial charge is 0.249 e. The van der Waals surface area contributed by atoms with Crippen LogP contribution in [-0.4, -0.2) is 11.9 Å². The van der Waals surface area contributed by atoms with Gasteiger partial charge in [-0.3, -0.25) is 4.79 Å². The minimum Gasteiger partial charge on any atom is -0.366 e. The van der Waals surface area contributed by atoms with E-state index in [4.69, 9.17) is 5.73 Å². The lowest BCUT2D eigenvalue weighted by Gasteiger charge is -2.20. The van der Waals surface area contributed by atoms with E-state index in [0.717, 1.165) is 12.0 Å². The van der Waals surface area contributed by atoms with Crippen LogP contribution in [0.3, 0.4) is 0 Å². The molecule has 0 radical (unpaired) electrons. The Kier molecular flexibility index (Phi) is 5.16. The van der Waals surface area contributed by atoms with E-state index in [1.165, 1.54) is 0 Å². The van der Waals surface area contributed by atoms with Crippen molar-refractivity contribution in [3.63, 3.8) is 0 Å². The van der Waals surface area contributed by atoms with E-state index < -0.39 is 0 Å². The predicted octanol–water partition coefficient (Wildman–Crippen LogP) is 2.31. The first-order valence-corrected chi connectivity index (χ1v) is 6.17. The van der Waals surface area contributed by atoms with Crippen molar-refractivity contribution in [3.8, 4) is 0 Å². The van der Waals surface area contributed by atoms with Crippen molar-refractivity contribution in [1.82, 2.24) is 5.32 Å². The molecule has 17 heavy (non-hydrogen) atoms. The molecule has 0 saturated heterocycles. The van der Waals surface area contributed by atoms with E-state index in [9.17, 15) is 4.79 Å². The van der Waals surface area contributed by atoms with E-state index in [0.29, 0.717) is 24.1 Å². The molecule has 2 unspecified atom stereocenters. The van der Waals surface area contributed by atoms with Crippen LogP contribution >= 0.6 is 0 Å². The molecule has 0 saturated carbocycles. The van der Waals surface area contributed by atoms with E-state index in [2.05, 4.69) is 26.1 Å². The van der Waals surface area contributed by atoms with Gasteiger partial charge in [0.15, 0.2) is 0 Å². The Morgan fingerprint density at radius 3 is 2.59 bits per heavy atom. The molecule has 1 amide bonds. The molecule has 3 N–H and O–H groups in total. The normalized spacial score (nSPS) is 14.3. The third-order valence-corrected chi connectivity index (χ3v) is 3.39. The Hall–Kier alpha value is -1.35. The summed E-state index contributed by atoms with van der Waals surface area (Å²) < 4.78 is 0. The van der Waals surface area contributed by atoms with Crippen molar-refractivity contribution < 1.29 is 4.79 Å². The van der Waals surface area contributed by atoms with Gasteiger partial charge in [-0.05, 0) is 24.5 Å². The maximum Gasteiger partial charge on any atom is 0.249 e. The minimum absolute atomic E-state index is 0.362. The van der Waals surface area contributed by atoms with Crippen LogP contribution in [0, 0.1) is 5.92 Å². The Balaban J connectivity index is 2.66. The number of amides is 1. The first-order valence-electron chi connectivity index (χ1n) is 6.17. The molecule has 0 aromatic heterocycles. The summed E-state index contributed by atoms with van der Waals surface area (Å²) in [5, 5.41) is 3.44. The fraction of sp³-hybridized carbons (Fsp3) is 0.500. The van der Waals surface area contributed by atoms with E-state index in [-0.39, 0.29) is 5.91 Å². The zero-order valence-corrected chi connectivity index (χ0v) is 10.9. The molecule has 2 atom stereocenters. The van der Waals surface area contributed by atoms with Crippen LogP contribution in [0.25, 0.3) is 0 Å². The molecule has 0 bridgehead atoms. The molecular formula is C14H22N2O. The van der Waals surface area contributed by atoms with Gasteiger partial charge in [0.05, 0.1) is 0 Å². The van der Waals surface area contributed by atoms with Crippen LogP contribution < -0.4 is 11.1 Å². The van der Waals surface area contributed by atoms with Crippen LogP contribution in [0.15, 0.2) is 24.3 Å². The summed E-state index contributed by atoms with van der Waals surface area (Å²) in [6.45, 7) is 7.25. The maximum atomic E-state index is 11.3. The van der Waals surface area contributed by atoms with Gasteiger partial charge >= 0.3 is 0 Å². The fourth-order valence-electron chi connectivity index (χ4n) is 1.74. The highest BCUT2D eigenvalue weighted by Gasteiger charge is 2.11. The lowest BCUT2D eigenvalue weighted by atomic mass is 10.00. The van der Waals surface area contributed by atoms with Crippen molar-refractivity contribution in [1.29, 1.82) is 0 Å². The van der Waals surface area contributed by atoms with Crippen LogP contribution in [0.1, 0.15) is 43.1 Å². The number of carbonyl (C=O) groups excluding carboxylic acids is 1. The summed E-state index contributed by atoms with van der Waals surface area (Å²) in [5.74, 6) is 0.259. The van der Waals surface area contributed by atoms with E-state index >= 15 is 0 Å². The number of primary amides is 1. The van der Waals surface area contributed by atoms with Crippen molar-refractivity contribution in [2.24, 2.45) is 11.7 Å². The van der Waals surface area contributed by atoms with E-state index in [1.54, 1.807) is 6.07 Å². The van der Waals surface area contributed by atoms with E-state index in [1.807, 2.05) is 18.2 Å². The van der Waals surface area contributed by atoms with Crippen molar-refractivity contribution >= 4 is 5.91 Å². The van der Waals surface area contributed by atoms with Gasteiger partial charge in [0, 0.05) is 18.2 Å². The van der Waals surface area contributed by atoms with Crippen LogP contribution in [0.5, 0.6) is 0 Å². The molecule has 0 aliphatic rings. The highest BCUT2D eigenvalue weighted by molar-refractivity contribution is 5.94. The summed E-state index contributed by atoms with van der Waals surface area (Å²) in [7, 11) is 0. The Morgan fingerprint density at radius 2 is 2.00 bits per heavy atom. The van der Waals surface area contributed by atoms with Crippen LogP contribution in [-0.2, 0) is 6.54 Å². The molecule has 0 aliphatic carbocycles. The summed E-state index contributed by atoms with van der Waals surface area (Å²) in [4.78, 5) is 11.3. The molecule has 0 heterocycles. The first-order chi connectivity index (χ1) is 8.06. The second kappa shape index (κ2) is 6.40. The maximum absolute atomic E-state index is 11.3. The largest absolute Gasteiger partial charge is 0.366 e. The lowest BCUT2D eigenvalue weighted by Crippen LogP contribution is -2.32. The third-order valence-electron chi connectivity index (χ3n) is 3.39. The van der Waals surface area contributed by atoms with Crippen molar-refractivity contribution in [2.45, 2.75) is 39.8 Å². The summed E-state index contributed by atoms with van der Waals surface area (Å²) in [6.07, 6.45) is 1.14. The zero-order chi connectivity index (χ0) is 12.8. The van der Waals surface area contributed by atoms with Crippen molar-refractivity contribution in [3.05, 3.63) is 35.4 Å². The predicted molar refractivity (Wildman–Crippen MR) is 70.7 cm³/mol. The van der Waals surface area contributed by atoms with Gasteiger partial charge in [0.25, 0.3) is 0 Å². The zero-order valence-electron chi connectivity index (χ0n) is 10.9. The number of carbonyl (C=O) groups is 1. The molecular weight excluding hydrogens is 212 g/mol.